The average Bonchev–Trinajstić information content (AvgIpc) is 3.33. The van der Waals surface area contributed by atoms with Crippen molar-refractivity contribution < 1.29 is 19.1 Å². The van der Waals surface area contributed by atoms with E-state index in [1.54, 1.807) is 31.4 Å². The van der Waals surface area contributed by atoms with Crippen molar-refractivity contribution in [2.75, 3.05) is 24.4 Å². The van der Waals surface area contributed by atoms with Crippen molar-refractivity contribution in [3.05, 3.63) is 64.7 Å². The molecule has 8 heteroatoms. The molecular weight excluding hydrogens is 426 g/mol. The van der Waals surface area contributed by atoms with E-state index in [-0.39, 0.29) is 24.7 Å². The first-order valence-electron chi connectivity index (χ1n) is 10.2. The lowest BCUT2D eigenvalue weighted by molar-refractivity contribution is -0.122. The Morgan fingerprint density at radius 1 is 1.06 bits per heavy atom. The number of methoxy groups -OCH3 is 2. The minimum atomic E-state index is -0.197. The zero-order chi connectivity index (χ0) is 23.1. The van der Waals surface area contributed by atoms with Crippen LogP contribution in [0.2, 0.25) is 0 Å². The summed E-state index contributed by atoms with van der Waals surface area (Å²) in [5, 5.41) is 5.30. The van der Waals surface area contributed by atoms with E-state index in [1.807, 2.05) is 49.6 Å². The first kappa shape index (κ1) is 23.3. The molecule has 2 aromatic carbocycles. The molecule has 1 aromatic heterocycles. The van der Waals surface area contributed by atoms with Crippen LogP contribution in [0, 0.1) is 13.8 Å². The Hall–Kier alpha value is -3.39. The van der Waals surface area contributed by atoms with Crippen molar-refractivity contribution in [1.82, 2.24) is 4.98 Å². The molecule has 0 atom stereocenters. The number of aromatic nitrogens is 1. The zero-order valence-electron chi connectivity index (χ0n) is 18.7. The summed E-state index contributed by atoms with van der Waals surface area (Å²) in [5.41, 5.74) is 3.75. The van der Waals surface area contributed by atoms with Gasteiger partial charge in [0.15, 0.2) is 16.6 Å². The lowest BCUT2D eigenvalue weighted by Gasteiger charge is -2.21. The highest BCUT2D eigenvalue weighted by Crippen LogP contribution is 2.29. The molecule has 3 rings (SSSR count). The van der Waals surface area contributed by atoms with Gasteiger partial charge in [0.05, 0.1) is 20.8 Å². The summed E-state index contributed by atoms with van der Waals surface area (Å²) in [6, 6.07) is 11.3. The van der Waals surface area contributed by atoms with Crippen LogP contribution in [0.5, 0.6) is 11.5 Å². The Balaban J connectivity index is 1.69. The van der Waals surface area contributed by atoms with Gasteiger partial charge in [-0.15, -0.1) is 11.3 Å². The highest BCUT2D eigenvalue weighted by atomic mass is 32.1. The smallest absolute Gasteiger partial charge is 0.229 e. The topological polar surface area (TPSA) is 80.8 Å². The van der Waals surface area contributed by atoms with E-state index in [9.17, 15) is 9.59 Å². The lowest BCUT2D eigenvalue weighted by atomic mass is 10.1. The van der Waals surface area contributed by atoms with Crippen LogP contribution in [0.25, 0.3) is 0 Å². The summed E-state index contributed by atoms with van der Waals surface area (Å²) in [6.45, 7) is 4.27. The number of aryl methyl sites for hydroxylation is 1. The fourth-order valence-electron chi connectivity index (χ4n) is 3.23. The first-order valence-corrected chi connectivity index (χ1v) is 11.1. The fraction of sp³-hybridized carbons (Fsp3) is 0.292. The van der Waals surface area contributed by atoms with E-state index >= 15 is 0 Å². The molecule has 0 aliphatic heterocycles. The van der Waals surface area contributed by atoms with Crippen LogP contribution in [0.3, 0.4) is 0 Å². The molecule has 3 aromatic rings. The highest BCUT2D eigenvalue weighted by molar-refractivity contribution is 7.13. The molecule has 1 N–H and O–H groups in total. The molecule has 2 amide bonds. The normalized spacial score (nSPS) is 10.5. The summed E-state index contributed by atoms with van der Waals surface area (Å²) in [5.74, 6) is 0.832. The third-order valence-electron chi connectivity index (χ3n) is 5.18. The molecule has 0 unspecified atom stereocenters. The molecule has 0 saturated carbocycles. The van der Waals surface area contributed by atoms with Gasteiger partial charge in [0.2, 0.25) is 11.8 Å². The molecular formula is C24H27N3O4S. The van der Waals surface area contributed by atoms with Crippen LogP contribution in [0.1, 0.15) is 29.5 Å². The standard InChI is InChI=1S/C24H27N3O4S/c1-16-6-5-7-19(17(16)2)26-22(28)10-11-23(29)27(24-25-12-13-32-24)15-18-8-9-20(30-3)21(14-18)31-4/h5-9,12-14H,10-11,15H2,1-4H3,(H,26,28). The molecule has 0 radical (unpaired) electrons. The van der Waals surface area contributed by atoms with Crippen molar-refractivity contribution in [1.29, 1.82) is 0 Å². The third-order valence-corrected chi connectivity index (χ3v) is 5.98. The van der Waals surface area contributed by atoms with Crippen molar-refractivity contribution in [2.24, 2.45) is 0 Å². The Kier molecular flexibility index (Phi) is 7.83. The molecule has 32 heavy (non-hydrogen) atoms. The van der Waals surface area contributed by atoms with Gasteiger partial charge in [-0.05, 0) is 48.7 Å². The van der Waals surface area contributed by atoms with Gasteiger partial charge < -0.3 is 14.8 Å². The van der Waals surface area contributed by atoms with Crippen LogP contribution in [0.15, 0.2) is 48.0 Å². The molecule has 0 aliphatic carbocycles. The summed E-state index contributed by atoms with van der Waals surface area (Å²) in [7, 11) is 3.14. The van der Waals surface area contributed by atoms with Gasteiger partial charge in [0.25, 0.3) is 0 Å². The minimum absolute atomic E-state index is 0.0730. The van der Waals surface area contributed by atoms with E-state index in [0.717, 1.165) is 22.4 Å². The second kappa shape index (κ2) is 10.8. The molecule has 0 aliphatic rings. The summed E-state index contributed by atoms with van der Waals surface area (Å²) >= 11 is 1.37. The number of ether oxygens (including phenoxy) is 2. The summed E-state index contributed by atoms with van der Waals surface area (Å²) in [6.07, 6.45) is 1.81. The first-order chi connectivity index (χ1) is 15.4. The Morgan fingerprint density at radius 2 is 1.84 bits per heavy atom. The predicted molar refractivity (Wildman–Crippen MR) is 127 cm³/mol. The molecule has 168 valence electrons. The minimum Gasteiger partial charge on any atom is -0.493 e. The van der Waals surface area contributed by atoms with E-state index < -0.39 is 0 Å². The number of thiazole rings is 1. The van der Waals surface area contributed by atoms with Crippen LogP contribution < -0.4 is 19.7 Å². The summed E-state index contributed by atoms with van der Waals surface area (Å²) < 4.78 is 10.7. The predicted octanol–water partition coefficient (Wildman–Crippen LogP) is 4.73. The van der Waals surface area contributed by atoms with Crippen LogP contribution in [-0.2, 0) is 16.1 Å². The SMILES string of the molecule is COc1ccc(CN(C(=O)CCC(=O)Nc2cccc(C)c2C)c2nccs2)cc1OC. The zero-order valence-corrected chi connectivity index (χ0v) is 19.5. The molecule has 0 saturated heterocycles. The van der Waals surface area contributed by atoms with Gasteiger partial charge in [-0.2, -0.15) is 0 Å². The molecule has 0 spiro atoms. The van der Waals surface area contributed by atoms with Gasteiger partial charge in [-0.1, -0.05) is 18.2 Å². The monoisotopic (exact) mass is 453 g/mol. The van der Waals surface area contributed by atoms with Gasteiger partial charge in [0.1, 0.15) is 0 Å². The number of benzene rings is 2. The number of anilines is 2. The molecule has 0 fully saturated rings. The van der Waals surface area contributed by atoms with Gasteiger partial charge in [-0.25, -0.2) is 4.98 Å². The summed E-state index contributed by atoms with van der Waals surface area (Å²) in [4.78, 5) is 31.4. The van der Waals surface area contributed by atoms with Crippen LogP contribution in [-0.4, -0.2) is 31.0 Å². The lowest BCUT2D eigenvalue weighted by Crippen LogP contribution is -2.31. The molecule has 7 nitrogen and oxygen atoms in total. The number of rotatable bonds is 9. The number of amides is 2. The van der Waals surface area contributed by atoms with Crippen molar-refractivity contribution in [3.8, 4) is 11.5 Å². The van der Waals surface area contributed by atoms with E-state index in [4.69, 9.17) is 9.47 Å². The number of hydrogen-bond acceptors (Lipinski definition) is 6. The van der Waals surface area contributed by atoms with Crippen molar-refractivity contribution >= 4 is 34.0 Å². The van der Waals surface area contributed by atoms with Crippen LogP contribution in [0.4, 0.5) is 10.8 Å². The second-order valence-corrected chi connectivity index (χ2v) is 8.15. The highest BCUT2D eigenvalue weighted by Gasteiger charge is 2.20. The average molecular weight is 454 g/mol. The quantitative estimate of drug-likeness (QED) is 0.507. The van der Waals surface area contributed by atoms with E-state index in [2.05, 4.69) is 10.3 Å². The van der Waals surface area contributed by atoms with Gasteiger partial charge in [0, 0.05) is 30.1 Å². The van der Waals surface area contributed by atoms with Gasteiger partial charge >= 0.3 is 0 Å². The number of nitrogens with zero attached hydrogens (tertiary/aromatic N) is 2. The Bertz CT molecular complexity index is 1080. The number of nitrogens with one attached hydrogen (secondary N) is 1. The number of carbonyl (C=O) groups is 2. The Morgan fingerprint density at radius 3 is 2.53 bits per heavy atom. The third kappa shape index (κ3) is 5.64. The number of carbonyl (C=O) groups excluding carboxylic acids is 2. The molecule has 0 bridgehead atoms. The van der Waals surface area contributed by atoms with Crippen LogP contribution >= 0.6 is 11.3 Å². The maximum atomic E-state index is 13.1. The fourth-order valence-corrected chi connectivity index (χ4v) is 3.89. The Labute approximate surface area is 192 Å². The maximum absolute atomic E-state index is 13.1. The van der Waals surface area contributed by atoms with Gasteiger partial charge in [-0.3, -0.25) is 14.5 Å². The van der Waals surface area contributed by atoms with Crippen molar-refractivity contribution in [2.45, 2.75) is 33.2 Å². The van der Waals surface area contributed by atoms with Crippen molar-refractivity contribution in [3.63, 3.8) is 0 Å². The molecule has 1 heterocycles. The number of hydrogen-bond donors (Lipinski definition) is 1. The van der Waals surface area contributed by atoms with E-state index in [0.29, 0.717) is 23.2 Å². The maximum Gasteiger partial charge on any atom is 0.229 e. The second-order valence-electron chi connectivity index (χ2n) is 7.28. The largest absolute Gasteiger partial charge is 0.493 e. The van der Waals surface area contributed by atoms with E-state index in [1.165, 1.54) is 11.3 Å².